The van der Waals surface area contributed by atoms with Crippen LogP contribution in [-0.4, -0.2) is 11.1 Å². The molecule has 0 saturated heterocycles. The summed E-state index contributed by atoms with van der Waals surface area (Å²) in [5.74, 6) is -17.8. The largest absolute Gasteiger partial charge is 0.478 e. The Bertz CT molecular complexity index is 1220. The molecule has 0 heterocycles. The van der Waals surface area contributed by atoms with Gasteiger partial charge >= 0.3 is 5.97 Å². The van der Waals surface area contributed by atoms with Crippen LogP contribution in [0.25, 0.3) is 11.1 Å². The van der Waals surface area contributed by atoms with Gasteiger partial charge in [-0.25, -0.2) is 35.5 Å². The first-order valence-corrected chi connectivity index (χ1v) is 9.33. The zero-order valence-electron chi connectivity index (χ0n) is 15.2. The lowest BCUT2D eigenvalue weighted by Crippen LogP contribution is -2.11. The number of aryl methyl sites for hydroxylation is 1. The molecule has 0 amide bonds. The van der Waals surface area contributed by atoms with Gasteiger partial charge in [-0.3, -0.25) is 0 Å². The van der Waals surface area contributed by atoms with Crippen molar-refractivity contribution in [2.75, 3.05) is 5.32 Å². The normalized spacial score (nSPS) is 11.0. The van der Waals surface area contributed by atoms with E-state index < -0.39 is 69.1 Å². The van der Waals surface area contributed by atoms with Gasteiger partial charge in [0.1, 0.15) is 0 Å². The molecular formula is C20H9F7INO2. The zero-order valence-corrected chi connectivity index (χ0v) is 17.3. The van der Waals surface area contributed by atoms with Gasteiger partial charge in [0.2, 0.25) is 5.82 Å². The van der Waals surface area contributed by atoms with Crippen LogP contribution in [0.2, 0.25) is 0 Å². The third-order valence-corrected chi connectivity index (χ3v) is 5.04. The molecule has 0 aliphatic heterocycles. The van der Waals surface area contributed by atoms with Gasteiger partial charge in [-0.2, -0.15) is 0 Å². The molecule has 0 spiro atoms. The molecule has 31 heavy (non-hydrogen) atoms. The Kier molecular flexibility index (Phi) is 6.16. The van der Waals surface area contributed by atoms with Crippen LogP contribution in [0.4, 0.5) is 42.1 Å². The van der Waals surface area contributed by atoms with Gasteiger partial charge in [0.05, 0.1) is 16.8 Å². The second-order valence-corrected chi connectivity index (χ2v) is 7.55. The van der Waals surface area contributed by atoms with Gasteiger partial charge in [-0.15, -0.1) is 0 Å². The lowest BCUT2D eigenvalue weighted by atomic mass is 9.98. The number of hydrogen-bond acceptors (Lipinski definition) is 2. The maximum absolute atomic E-state index is 14.8. The SMILES string of the molecule is Cc1cc(I)ccc1Nc1c(C(=O)O)cc(-c2c(F)c(F)c(F)c(F)c2F)c(F)c1F. The topological polar surface area (TPSA) is 49.3 Å². The van der Waals surface area contributed by atoms with Crippen molar-refractivity contribution in [1.82, 2.24) is 0 Å². The molecule has 3 aromatic carbocycles. The number of anilines is 2. The van der Waals surface area contributed by atoms with Crippen molar-refractivity contribution in [2.45, 2.75) is 6.92 Å². The third kappa shape index (κ3) is 3.93. The quantitative estimate of drug-likeness (QED) is 0.164. The maximum Gasteiger partial charge on any atom is 0.337 e. The summed E-state index contributed by atoms with van der Waals surface area (Å²) in [7, 11) is 0. The summed E-state index contributed by atoms with van der Waals surface area (Å²) in [5, 5.41) is 11.8. The average molecular weight is 555 g/mol. The molecule has 0 aliphatic carbocycles. The van der Waals surface area contributed by atoms with Gasteiger partial charge in [-0.05, 0) is 59.3 Å². The standard InChI is InChI=1S/C20H9F7INO2/c1-6-4-7(28)2-3-10(6)29-19-9(20(30)31)5-8(12(21)18(19)27)11-13(22)15(24)17(26)16(25)14(11)23/h2-5,29H,1H3,(H,30,31). The van der Waals surface area contributed by atoms with Gasteiger partial charge in [0.25, 0.3) is 0 Å². The minimum absolute atomic E-state index is 0.199. The molecule has 0 aromatic heterocycles. The Morgan fingerprint density at radius 3 is 1.90 bits per heavy atom. The summed E-state index contributed by atoms with van der Waals surface area (Å²) >= 11 is 1.99. The number of aromatic carboxylic acids is 1. The Morgan fingerprint density at radius 2 is 1.39 bits per heavy atom. The van der Waals surface area contributed by atoms with Crippen molar-refractivity contribution in [3.8, 4) is 11.1 Å². The maximum atomic E-state index is 14.8. The molecule has 0 atom stereocenters. The average Bonchev–Trinajstić information content (AvgIpc) is 2.71. The third-order valence-electron chi connectivity index (χ3n) is 4.36. The first-order chi connectivity index (χ1) is 14.5. The van der Waals surface area contributed by atoms with Crippen molar-refractivity contribution in [3.63, 3.8) is 0 Å². The number of carboxylic acids is 1. The van der Waals surface area contributed by atoms with Crippen molar-refractivity contribution in [1.29, 1.82) is 0 Å². The van der Waals surface area contributed by atoms with Gasteiger partial charge in [-0.1, -0.05) is 0 Å². The summed E-state index contributed by atoms with van der Waals surface area (Å²) in [6, 6.07) is 5.00. The summed E-state index contributed by atoms with van der Waals surface area (Å²) in [4.78, 5) is 11.6. The minimum Gasteiger partial charge on any atom is -0.478 e. The predicted octanol–water partition coefficient (Wildman–Crippen LogP) is 6.68. The predicted molar refractivity (Wildman–Crippen MR) is 106 cm³/mol. The lowest BCUT2D eigenvalue weighted by molar-refractivity contribution is 0.0697. The van der Waals surface area contributed by atoms with Gasteiger partial charge in [0.15, 0.2) is 34.9 Å². The van der Waals surface area contributed by atoms with Crippen molar-refractivity contribution in [2.24, 2.45) is 0 Å². The van der Waals surface area contributed by atoms with E-state index in [0.717, 1.165) is 3.57 Å². The first-order valence-electron chi connectivity index (χ1n) is 8.25. The number of nitrogens with one attached hydrogen (secondary N) is 1. The van der Waals surface area contributed by atoms with Crippen LogP contribution in [0.15, 0.2) is 24.3 Å². The second-order valence-electron chi connectivity index (χ2n) is 6.31. The van der Waals surface area contributed by atoms with E-state index >= 15 is 0 Å². The van der Waals surface area contributed by atoms with Crippen LogP contribution in [0, 0.1) is 51.2 Å². The molecule has 0 radical (unpaired) electrons. The summed E-state index contributed by atoms with van der Waals surface area (Å²) in [6.07, 6.45) is 0. The fourth-order valence-corrected chi connectivity index (χ4v) is 3.49. The first kappa shape index (κ1) is 22.8. The van der Waals surface area contributed by atoms with E-state index in [9.17, 15) is 40.6 Å². The monoisotopic (exact) mass is 555 g/mol. The Balaban J connectivity index is 2.30. The fourth-order valence-electron chi connectivity index (χ4n) is 2.84. The Hall–Kier alpha value is -2.83. The highest BCUT2D eigenvalue weighted by molar-refractivity contribution is 14.1. The molecule has 11 heteroatoms. The van der Waals surface area contributed by atoms with E-state index in [-0.39, 0.29) is 5.69 Å². The van der Waals surface area contributed by atoms with Crippen LogP contribution in [-0.2, 0) is 0 Å². The summed E-state index contributed by atoms with van der Waals surface area (Å²) in [6.45, 7) is 1.60. The van der Waals surface area contributed by atoms with Crippen LogP contribution >= 0.6 is 22.6 Å². The molecule has 0 fully saturated rings. The molecule has 0 saturated carbocycles. The molecule has 2 N–H and O–H groups in total. The zero-order chi connectivity index (χ0) is 23.2. The van der Waals surface area contributed by atoms with E-state index in [1.165, 1.54) is 6.07 Å². The molecular weight excluding hydrogens is 546 g/mol. The van der Waals surface area contributed by atoms with Crippen LogP contribution in [0.5, 0.6) is 0 Å². The molecule has 0 bridgehead atoms. The highest BCUT2D eigenvalue weighted by Crippen LogP contribution is 2.38. The Morgan fingerprint density at radius 1 is 0.839 bits per heavy atom. The highest BCUT2D eigenvalue weighted by atomic mass is 127. The number of halogens is 8. The van der Waals surface area contributed by atoms with E-state index in [1.807, 2.05) is 22.6 Å². The number of benzene rings is 3. The minimum atomic E-state index is -2.49. The fraction of sp³-hybridized carbons (Fsp3) is 0.0500. The van der Waals surface area contributed by atoms with Gasteiger partial charge < -0.3 is 10.4 Å². The Labute approximate surface area is 183 Å². The number of carbonyl (C=O) groups is 1. The lowest BCUT2D eigenvalue weighted by Gasteiger charge is -2.17. The van der Waals surface area contributed by atoms with E-state index in [2.05, 4.69) is 5.32 Å². The van der Waals surface area contributed by atoms with Crippen molar-refractivity contribution >= 4 is 39.9 Å². The van der Waals surface area contributed by atoms with E-state index in [1.54, 1.807) is 19.1 Å². The van der Waals surface area contributed by atoms with Crippen LogP contribution < -0.4 is 5.32 Å². The van der Waals surface area contributed by atoms with E-state index in [0.29, 0.717) is 11.6 Å². The smallest absolute Gasteiger partial charge is 0.337 e. The van der Waals surface area contributed by atoms with Crippen LogP contribution in [0.3, 0.4) is 0 Å². The molecule has 162 valence electrons. The molecule has 3 rings (SSSR count). The summed E-state index contributed by atoms with van der Waals surface area (Å²) < 4.78 is 98.8. The molecule has 3 nitrogen and oxygen atoms in total. The number of rotatable bonds is 4. The van der Waals surface area contributed by atoms with Crippen molar-refractivity contribution < 1.29 is 40.6 Å². The molecule has 3 aromatic rings. The molecule has 0 aliphatic rings. The van der Waals surface area contributed by atoms with E-state index in [4.69, 9.17) is 0 Å². The summed E-state index contributed by atoms with van der Waals surface area (Å²) in [5.41, 5.74) is -4.37. The second kappa shape index (κ2) is 8.36. The number of hydrogen-bond donors (Lipinski definition) is 2. The van der Waals surface area contributed by atoms with Crippen molar-refractivity contribution in [3.05, 3.63) is 79.7 Å². The highest BCUT2D eigenvalue weighted by Gasteiger charge is 2.31. The van der Waals surface area contributed by atoms with Crippen LogP contribution in [0.1, 0.15) is 15.9 Å². The number of carboxylic acid groups (broad SMARTS) is 1. The molecule has 0 unspecified atom stereocenters. The van der Waals surface area contributed by atoms with Gasteiger partial charge in [0, 0.05) is 14.8 Å².